The van der Waals surface area contributed by atoms with Crippen molar-refractivity contribution in [2.45, 2.75) is 64.7 Å². The monoisotopic (exact) mass is 335 g/mol. The van der Waals surface area contributed by atoms with Gasteiger partial charge in [-0.3, -0.25) is 0 Å². The molecule has 2 nitrogen and oxygen atoms in total. The molecule has 0 aromatic heterocycles. The molecule has 2 heteroatoms. The van der Waals surface area contributed by atoms with Gasteiger partial charge in [-0.2, -0.15) is 5.26 Å². The SMILES string of the molecule is CC(C)(C)c1cc(C(C#N)Cc2ccccc2)cc(C(C)(C)C)c1O. The summed E-state index contributed by atoms with van der Waals surface area (Å²) in [5.41, 5.74) is 3.57. The van der Waals surface area contributed by atoms with Crippen LogP contribution in [0.25, 0.3) is 0 Å². The molecular formula is C23H29NO. The Hall–Kier alpha value is -2.27. The Morgan fingerprint density at radius 3 is 1.80 bits per heavy atom. The summed E-state index contributed by atoms with van der Waals surface area (Å²) in [6.45, 7) is 12.6. The van der Waals surface area contributed by atoms with Crippen molar-refractivity contribution >= 4 is 0 Å². The van der Waals surface area contributed by atoms with E-state index in [-0.39, 0.29) is 16.7 Å². The Balaban J connectivity index is 2.58. The summed E-state index contributed by atoms with van der Waals surface area (Å²) in [4.78, 5) is 0. The minimum Gasteiger partial charge on any atom is -0.507 e. The fraction of sp³-hybridized carbons (Fsp3) is 0.435. The summed E-state index contributed by atoms with van der Waals surface area (Å²) in [6, 6.07) is 16.6. The van der Waals surface area contributed by atoms with Crippen molar-refractivity contribution in [1.29, 1.82) is 5.26 Å². The average Bonchev–Trinajstić information content (AvgIpc) is 2.51. The molecule has 2 aromatic rings. The zero-order valence-electron chi connectivity index (χ0n) is 16.2. The molecule has 0 bridgehead atoms. The van der Waals surface area contributed by atoms with Crippen molar-refractivity contribution in [2.75, 3.05) is 0 Å². The molecule has 132 valence electrons. The Bertz CT molecular complexity index is 735. The molecule has 0 fully saturated rings. The van der Waals surface area contributed by atoms with Crippen LogP contribution >= 0.6 is 0 Å². The van der Waals surface area contributed by atoms with E-state index < -0.39 is 0 Å². The number of hydrogen-bond acceptors (Lipinski definition) is 2. The minimum absolute atomic E-state index is 0.188. The third-order valence-corrected chi connectivity index (χ3v) is 4.59. The van der Waals surface area contributed by atoms with E-state index in [4.69, 9.17) is 0 Å². The molecule has 0 saturated heterocycles. The minimum atomic E-state index is -0.231. The largest absolute Gasteiger partial charge is 0.507 e. The Morgan fingerprint density at radius 1 is 0.920 bits per heavy atom. The maximum absolute atomic E-state index is 10.8. The van der Waals surface area contributed by atoms with Crippen LogP contribution in [0.2, 0.25) is 0 Å². The van der Waals surface area contributed by atoms with Crippen molar-refractivity contribution in [1.82, 2.24) is 0 Å². The summed E-state index contributed by atoms with van der Waals surface area (Å²) in [5, 5.41) is 20.6. The van der Waals surface area contributed by atoms with Crippen molar-refractivity contribution < 1.29 is 5.11 Å². The quantitative estimate of drug-likeness (QED) is 0.766. The zero-order chi connectivity index (χ0) is 18.8. The van der Waals surface area contributed by atoms with Crippen LogP contribution in [0, 0.1) is 11.3 Å². The van der Waals surface area contributed by atoms with E-state index >= 15 is 0 Å². The maximum atomic E-state index is 10.8. The van der Waals surface area contributed by atoms with Crippen molar-refractivity contribution in [3.05, 3.63) is 64.7 Å². The van der Waals surface area contributed by atoms with Crippen LogP contribution in [0.1, 0.15) is 69.7 Å². The van der Waals surface area contributed by atoms with Crippen LogP contribution in [-0.4, -0.2) is 5.11 Å². The first-order chi connectivity index (χ1) is 11.5. The lowest BCUT2D eigenvalue weighted by Crippen LogP contribution is -2.18. The second-order valence-electron chi connectivity index (χ2n) is 8.84. The summed E-state index contributed by atoms with van der Waals surface area (Å²) in [6.07, 6.45) is 0.676. The van der Waals surface area contributed by atoms with Crippen molar-refractivity contribution in [3.8, 4) is 11.8 Å². The van der Waals surface area contributed by atoms with E-state index in [0.29, 0.717) is 12.2 Å². The van der Waals surface area contributed by atoms with Crippen LogP contribution in [0.3, 0.4) is 0 Å². The van der Waals surface area contributed by atoms with Gasteiger partial charge >= 0.3 is 0 Å². The van der Waals surface area contributed by atoms with E-state index in [2.05, 4.69) is 59.7 Å². The van der Waals surface area contributed by atoms with Gasteiger partial charge in [-0.05, 0) is 39.5 Å². The van der Waals surface area contributed by atoms with Gasteiger partial charge in [0.1, 0.15) is 5.75 Å². The summed E-state index contributed by atoms with van der Waals surface area (Å²) in [7, 11) is 0. The van der Waals surface area contributed by atoms with E-state index in [1.807, 2.05) is 30.3 Å². The molecule has 0 aliphatic carbocycles. The molecule has 0 aliphatic rings. The van der Waals surface area contributed by atoms with Gasteiger partial charge in [0.25, 0.3) is 0 Å². The Morgan fingerprint density at radius 2 is 1.40 bits per heavy atom. The number of hydrogen-bond donors (Lipinski definition) is 1. The number of nitriles is 1. The van der Waals surface area contributed by atoms with E-state index in [9.17, 15) is 10.4 Å². The van der Waals surface area contributed by atoms with Crippen molar-refractivity contribution in [3.63, 3.8) is 0 Å². The van der Waals surface area contributed by atoms with E-state index in [1.165, 1.54) is 0 Å². The molecule has 0 radical (unpaired) electrons. The molecule has 25 heavy (non-hydrogen) atoms. The topological polar surface area (TPSA) is 44.0 Å². The molecule has 1 atom stereocenters. The molecule has 1 unspecified atom stereocenters. The van der Waals surface area contributed by atoms with Gasteiger partial charge in [-0.25, -0.2) is 0 Å². The second kappa shape index (κ2) is 6.92. The predicted octanol–water partition coefficient (Wildman–Crippen LogP) is 5.84. The van der Waals surface area contributed by atoms with E-state index in [1.54, 1.807) is 0 Å². The highest BCUT2D eigenvalue weighted by Crippen LogP contribution is 2.41. The molecular weight excluding hydrogens is 306 g/mol. The lowest BCUT2D eigenvalue weighted by molar-refractivity contribution is 0.422. The highest BCUT2D eigenvalue weighted by Gasteiger charge is 2.28. The summed E-state index contributed by atoms with van der Waals surface area (Å²) in [5.74, 6) is 0.130. The molecule has 2 rings (SSSR count). The third-order valence-electron chi connectivity index (χ3n) is 4.59. The molecule has 0 heterocycles. The third kappa shape index (κ3) is 4.42. The summed E-state index contributed by atoms with van der Waals surface area (Å²) >= 11 is 0. The van der Waals surface area contributed by atoms with Crippen LogP contribution in [0.4, 0.5) is 0 Å². The van der Waals surface area contributed by atoms with Crippen LogP contribution in [0.5, 0.6) is 5.75 Å². The van der Waals surface area contributed by atoms with Gasteiger partial charge in [0.15, 0.2) is 0 Å². The fourth-order valence-electron chi connectivity index (χ4n) is 3.09. The average molecular weight is 335 g/mol. The van der Waals surface area contributed by atoms with Crippen molar-refractivity contribution in [2.24, 2.45) is 0 Å². The van der Waals surface area contributed by atoms with Gasteiger partial charge < -0.3 is 5.11 Å². The Kier molecular flexibility index (Phi) is 5.28. The number of aromatic hydroxyl groups is 1. The van der Waals surface area contributed by atoms with Crippen LogP contribution < -0.4 is 0 Å². The highest BCUT2D eigenvalue weighted by atomic mass is 16.3. The van der Waals surface area contributed by atoms with Crippen LogP contribution in [-0.2, 0) is 17.3 Å². The molecule has 2 aromatic carbocycles. The first-order valence-corrected chi connectivity index (χ1v) is 8.85. The zero-order valence-corrected chi connectivity index (χ0v) is 16.2. The first kappa shape index (κ1) is 19.1. The lowest BCUT2D eigenvalue weighted by Gasteiger charge is -2.29. The Labute approximate surface area is 152 Å². The molecule has 0 saturated carbocycles. The van der Waals surface area contributed by atoms with Gasteiger partial charge in [-0.15, -0.1) is 0 Å². The normalized spacial score (nSPS) is 13.3. The smallest absolute Gasteiger partial charge is 0.123 e. The van der Waals surface area contributed by atoms with Gasteiger partial charge in [-0.1, -0.05) is 84.0 Å². The molecule has 0 aliphatic heterocycles. The van der Waals surface area contributed by atoms with Gasteiger partial charge in [0.2, 0.25) is 0 Å². The number of rotatable bonds is 3. The summed E-state index contributed by atoms with van der Waals surface area (Å²) < 4.78 is 0. The number of phenolic OH excluding ortho intramolecular Hbond substituents is 1. The van der Waals surface area contributed by atoms with Gasteiger partial charge in [0.05, 0.1) is 12.0 Å². The van der Waals surface area contributed by atoms with E-state index in [0.717, 1.165) is 22.3 Å². The number of benzene rings is 2. The number of nitrogens with zero attached hydrogens (tertiary/aromatic N) is 1. The van der Waals surface area contributed by atoms with Gasteiger partial charge in [0, 0.05) is 0 Å². The maximum Gasteiger partial charge on any atom is 0.123 e. The second-order valence-corrected chi connectivity index (χ2v) is 8.84. The highest BCUT2D eigenvalue weighted by molar-refractivity contribution is 5.51. The number of phenols is 1. The molecule has 0 amide bonds. The first-order valence-electron chi connectivity index (χ1n) is 8.85. The molecule has 0 spiro atoms. The predicted molar refractivity (Wildman–Crippen MR) is 104 cm³/mol. The lowest BCUT2D eigenvalue weighted by atomic mass is 9.76. The van der Waals surface area contributed by atoms with Crippen LogP contribution in [0.15, 0.2) is 42.5 Å². The molecule has 1 N–H and O–H groups in total. The fourth-order valence-corrected chi connectivity index (χ4v) is 3.09. The standard InChI is InChI=1S/C23H29NO/c1-22(2,3)19-13-17(14-20(21(19)25)23(4,5)6)18(15-24)12-16-10-8-7-9-11-16/h7-11,13-14,18,25H,12H2,1-6H3.